The molecule has 1 aliphatic rings. The highest BCUT2D eigenvalue weighted by Gasteiger charge is 2.38. The van der Waals surface area contributed by atoms with E-state index in [4.69, 9.17) is 5.73 Å². The van der Waals surface area contributed by atoms with Gasteiger partial charge in [-0.15, -0.1) is 0 Å². The van der Waals surface area contributed by atoms with E-state index in [1.807, 2.05) is 0 Å². The maximum absolute atomic E-state index is 12.6. The lowest BCUT2D eigenvalue weighted by atomic mass is 9.95. The van der Waals surface area contributed by atoms with Crippen LogP contribution in [0.25, 0.3) is 5.69 Å². The smallest absolute Gasteiger partial charge is 0.255 e. The molecule has 3 rings (SSSR count). The number of aromatic nitrogens is 1. The van der Waals surface area contributed by atoms with Crippen LogP contribution in [0.1, 0.15) is 23.7 Å². The van der Waals surface area contributed by atoms with Gasteiger partial charge in [-0.05, 0) is 43.2 Å². The van der Waals surface area contributed by atoms with Crippen molar-refractivity contribution in [3.05, 3.63) is 71.0 Å². The molecule has 1 radical (unpaired) electrons. The third-order valence-corrected chi connectivity index (χ3v) is 4.69. The number of carbonyl (C=O) groups is 3. The second-order valence-corrected chi connectivity index (χ2v) is 6.54. The lowest BCUT2D eigenvalue weighted by molar-refractivity contribution is -0.139. The minimum Gasteiger partial charge on any atom is -0.368 e. The molecule has 145 valence electrons. The van der Waals surface area contributed by atoms with Crippen molar-refractivity contribution in [1.29, 1.82) is 0 Å². The lowest BCUT2D eigenvalue weighted by Gasteiger charge is -2.39. The number of hydrogen-bond donors (Lipinski definition) is 2. The molecular weight excluding hydrogens is 360 g/mol. The van der Waals surface area contributed by atoms with Crippen molar-refractivity contribution in [1.82, 2.24) is 14.8 Å². The third-order valence-electron chi connectivity index (χ3n) is 4.69. The molecule has 0 bridgehead atoms. The summed E-state index contributed by atoms with van der Waals surface area (Å²) in [7, 11) is 0. The van der Waals surface area contributed by atoms with Crippen LogP contribution in [-0.4, -0.2) is 45.8 Å². The topological polar surface area (TPSA) is 114 Å². The first-order valence-electron chi connectivity index (χ1n) is 8.87. The van der Waals surface area contributed by atoms with Gasteiger partial charge in [0.15, 0.2) is 0 Å². The molecule has 0 spiro atoms. The molecule has 3 amide bonds. The normalized spacial score (nSPS) is 19.1. The predicted molar refractivity (Wildman–Crippen MR) is 103 cm³/mol. The molecule has 2 aromatic rings. The fraction of sp³-hybridized carbons (Fsp3) is 0.250. The molecule has 8 nitrogen and oxygen atoms in total. The molecule has 1 aromatic heterocycles. The SMILES string of the molecule is CC(=O)N1CC[CH]C(NC(=O)c2ccc(-n3ccccc3=O)cc2)C1C(N)=O. The van der Waals surface area contributed by atoms with Gasteiger partial charge >= 0.3 is 0 Å². The van der Waals surface area contributed by atoms with Crippen LogP contribution < -0.4 is 16.6 Å². The molecule has 2 unspecified atom stereocenters. The zero-order chi connectivity index (χ0) is 20.3. The van der Waals surface area contributed by atoms with Crippen molar-refractivity contribution < 1.29 is 14.4 Å². The highest BCUT2D eigenvalue weighted by molar-refractivity contribution is 5.96. The van der Waals surface area contributed by atoms with Gasteiger partial charge in [0.1, 0.15) is 6.04 Å². The second kappa shape index (κ2) is 8.08. The Morgan fingerprint density at radius 2 is 1.82 bits per heavy atom. The number of carbonyl (C=O) groups excluding carboxylic acids is 3. The predicted octanol–water partition coefficient (Wildman–Crippen LogP) is 0.246. The summed E-state index contributed by atoms with van der Waals surface area (Å²) in [6.07, 6.45) is 3.97. The number of pyridine rings is 1. The Morgan fingerprint density at radius 3 is 2.43 bits per heavy atom. The van der Waals surface area contributed by atoms with Crippen molar-refractivity contribution in [2.45, 2.75) is 25.4 Å². The van der Waals surface area contributed by atoms with E-state index in [1.54, 1.807) is 49.0 Å². The van der Waals surface area contributed by atoms with Crippen LogP contribution in [0.2, 0.25) is 0 Å². The summed E-state index contributed by atoms with van der Waals surface area (Å²) in [5, 5.41) is 2.76. The fourth-order valence-corrected chi connectivity index (χ4v) is 3.33. The summed E-state index contributed by atoms with van der Waals surface area (Å²) in [5.74, 6) is -1.34. The maximum atomic E-state index is 12.6. The first-order chi connectivity index (χ1) is 13.4. The van der Waals surface area contributed by atoms with Gasteiger partial charge in [0, 0.05) is 37.0 Å². The van der Waals surface area contributed by atoms with E-state index in [9.17, 15) is 19.2 Å². The Labute approximate surface area is 161 Å². The average Bonchev–Trinajstić information content (AvgIpc) is 2.68. The number of nitrogens with one attached hydrogen (secondary N) is 1. The van der Waals surface area contributed by atoms with Crippen LogP contribution in [0.5, 0.6) is 0 Å². The monoisotopic (exact) mass is 381 g/mol. The molecule has 28 heavy (non-hydrogen) atoms. The fourth-order valence-electron chi connectivity index (χ4n) is 3.33. The quantitative estimate of drug-likeness (QED) is 0.790. The number of hydrogen-bond acceptors (Lipinski definition) is 4. The number of piperidine rings is 1. The largest absolute Gasteiger partial charge is 0.368 e. The Balaban J connectivity index is 1.77. The van der Waals surface area contributed by atoms with E-state index >= 15 is 0 Å². The first-order valence-corrected chi connectivity index (χ1v) is 8.87. The number of rotatable bonds is 4. The molecule has 1 fully saturated rings. The van der Waals surface area contributed by atoms with E-state index in [-0.39, 0.29) is 11.5 Å². The Bertz CT molecular complexity index is 951. The van der Waals surface area contributed by atoms with E-state index in [0.717, 1.165) is 0 Å². The number of amides is 3. The van der Waals surface area contributed by atoms with Gasteiger partial charge in [0.2, 0.25) is 11.8 Å². The molecule has 1 aliphatic heterocycles. The van der Waals surface area contributed by atoms with E-state index in [2.05, 4.69) is 5.32 Å². The molecule has 0 aliphatic carbocycles. The highest BCUT2D eigenvalue weighted by Crippen LogP contribution is 2.18. The van der Waals surface area contributed by atoms with Crippen molar-refractivity contribution in [2.24, 2.45) is 5.73 Å². The summed E-state index contributed by atoms with van der Waals surface area (Å²) in [4.78, 5) is 49.5. The van der Waals surface area contributed by atoms with Gasteiger partial charge in [0.25, 0.3) is 11.5 Å². The van der Waals surface area contributed by atoms with Crippen LogP contribution in [0.3, 0.4) is 0 Å². The van der Waals surface area contributed by atoms with Gasteiger partial charge in [0.05, 0.1) is 6.04 Å². The molecule has 0 saturated carbocycles. The zero-order valence-electron chi connectivity index (χ0n) is 15.4. The number of primary amides is 1. The molecule has 2 atom stereocenters. The van der Waals surface area contributed by atoms with Crippen LogP contribution in [-0.2, 0) is 9.59 Å². The summed E-state index contributed by atoms with van der Waals surface area (Å²) in [6, 6.07) is 9.76. The number of likely N-dealkylation sites (tertiary alicyclic amines) is 1. The Kier molecular flexibility index (Phi) is 5.58. The van der Waals surface area contributed by atoms with Gasteiger partial charge in [-0.25, -0.2) is 0 Å². The summed E-state index contributed by atoms with van der Waals surface area (Å²) < 4.78 is 1.46. The van der Waals surface area contributed by atoms with Crippen LogP contribution in [0, 0.1) is 6.42 Å². The van der Waals surface area contributed by atoms with Gasteiger partial charge < -0.3 is 16.0 Å². The van der Waals surface area contributed by atoms with Crippen LogP contribution in [0.4, 0.5) is 0 Å². The highest BCUT2D eigenvalue weighted by atomic mass is 16.2. The standard InChI is InChI=1S/C20H21N4O4/c1-13(25)23-12-4-5-16(18(23)19(21)27)22-20(28)14-7-9-15(10-8-14)24-11-3-2-6-17(24)26/h2-3,5-11,16,18H,4,12H2,1H3,(H2,21,27)(H,22,28). The molecule has 2 heterocycles. The molecule has 1 aromatic carbocycles. The zero-order valence-corrected chi connectivity index (χ0v) is 15.4. The minimum absolute atomic E-state index is 0.176. The van der Waals surface area contributed by atoms with Crippen molar-refractivity contribution >= 4 is 17.7 Å². The second-order valence-electron chi connectivity index (χ2n) is 6.54. The first kappa shape index (κ1) is 19.3. The molecule has 1 saturated heterocycles. The Morgan fingerprint density at radius 1 is 1.11 bits per heavy atom. The Hall–Kier alpha value is -3.42. The van der Waals surface area contributed by atoms with Crippen LogP contribution >= 0.6 is 0 Å². The van der Waals surface area contributed by atoms with E-state index in [0.29, 0.717) is 24.2 Å². The third kappa shape index (κ3) is 3.95. The van der Waals surface area contributed by atoms with Crippen LogP contribution in [0.15, 0.2) is 53.5 Å². The van der Waals surface area contributed by atoms with Gasteiger partial charge in [-0.1, -0.05) is 6.07 Å². The van der Waals surface area contributed by atoms with Gasteiger partial charge in [-0.2, -0.15) is 0 Å². The van der Waals surface area contributed by atoms with Gasteiger partial charge in [-0.3, -0.25) is 23.7 Å². The van der Waals surface area contributed by atoms with Crippen molar-refractivity contribution in [3.63, 3.8) is 0 Å². The number of benzene rings is 1. The van der Waals surface area contributed by atoms with E-state index in [1.165, 1.54) is 22.5 Å². The number of nitrogens with zero attached hydrogens (tertiary/aromatic N) is 2. The lowest BCUT2D eigenvalue weighted by Crippen LogP contribution is -2.61. The molecule has 8 heteroatoms. The van der Waals surface area contributed by atoms with Crippen molar-refractivity contribution in [2.75, 3.05) is 6.54 Å². The molecule has 3 N–H and O–H groups in total. The summed E-state index contributed by atoms with van der Waals surface area (Å²) in [5.41, 5.74) is 6.28. The average molecular weight is 381 g/mol. The van der Waals surface area contributed by atoms with Crippen molar-refractivity contribution in [3.8, 4) is 5.69 Å². The number of nitrogens with two attached hydrogens (primary N) is 1. The maximum Gasteiger partial charge on any atom is 0.255 e. The molecular formula is C20H21N4O4. The van der Waals surface area contributed by atoms with E-state index < -0.39 is 23.9 Å². The summed E-state index contributed by atoms with van der Waals surface area (Å²) in [6.45, 7) is 1.75. The minimum atomic E-state index is -0.919. The summed E-state index contributed by atoms with van der Waals surface area (Å²) >= 11 is 0.